The third-order valence-electron chi connectivity index (χ3n) is 6.96. The molecule has 0 radical (unpaired) electrons. The molecule has 0 bridgehead atoms. The fraction of sp³-hybridized carbons (Fsp3) is 0.462. The van der Waals surface area contributed by atoms with Gasteiger partial charge < -0.3 is 19.5 Å². The quantitative estimate of drug-likeness (QED) is 0.672. The van der Waals surface area contributed by atoms with E-state index in [2.05, 4.69) is 54.9 Å². The number of aromatic nitrogens is 2. The molecule has 32 heavy (non-hydrogen) atoms. The molecule has 1 N–H and O–H groups in total. The highest BCUT2D eigenvalue weighted by atomic mass is 16.5. The van der Waals surface area contributed by atoms with Crippen molar-refractivity contribution in [3.63, 3.8) is 0 Å². The molecule has 5 rings (SSSR count). The largest absolute Gasteiger partial charge is 0.378 e. The SMILES string of the molecule is CCCc1c(C(=O)N2CCOCC2)nc(N2CCc3ccccc3C2)c2[nH]c(C)c(C)c12. The zero-order chi connectivity index (χ0) is 22.2. The van der Waals surface area contributed by atoms with Crippen molar-refractivity contribution < 1.29 is 9.53 Å². The lowest BCUT2D eigenvalue weighted by molar-refractivity contribution is 0.0298. The Morgan fingerprint density at radius 3 is 2.62 bits per heavy atom. The van der Waals surface area contributed by atoms with Crippen LogP contribution in [0.1, 0.15) is 51.8 Å². The maximum Gasteiger partial charge on any atom is 0.273 e. The van der Waals surface area contributed by atoms with Crippen molar-refractivity contribution in [3.05, 3.63) is 57.9 Å². The standard InChI is InChI=1S/C26H32N4O2/c1-4-7-21-22-17(2)18(3)27-24(22)25(28-23(21)26(31)29-12-14-32-15-13-29)30-11-10-19-8-5-6-9-20(19)16-30/h5-6,8-9,27H,4,7,10-16H2,1-3H3. The van der Waals surface area contributed by atoms with Gasteiger partial charge in [0.1, 0.15) is 5.69 Å². The molecule has 168 valence electrons. The van der Waals surface area contributed by atoms with Crippen molar-refractivity contribution in [1.82, 2.24) is 14.9 Å². The highest BCUT2D eigenvalue weighted by Crippen LogP contribution is 2.36. The first kappa shape index (κ1) is 21.0. The minimum atomic E-state index is 0.0376. The second-order valence-corrected chi connectivity index (χ2v) is 8.98. The lowest BCUT2D eigenvalue weighted by atomic mass is 9.97. The number of ether oxygens (including phenoxy) is 1. The van der Waals surface area contributed by atoms with Gasteiger partial charge >= 0.3 is 0 Å². The molecule has 1 aromatic carbocycles. The molecule has 4 heterocycles. The molecule has 2 aromatic heterocycles. The zero-order valence-corrected chi connectivity index (χ0v) is 19.3. The van der Waals surface area contributed by atoms with Gasteiger partial charge in [0.2, 0.25) is 0 Å². The molecular weight excluding hydrogens is 400 g/mol. The van der Waals surface area contributed by atoms with Crippen molar-refractivity contribution in [2.45, 2.75) is 46.6 Å². The number of anilines is 1. The Morgan fingerprint density at radius 2 is 1.88 bits per heavy atom. The average molecular weight is 433 g/mol. The second-order valence-electron chi connectivity index (χ2n) is 8.98. The Hall–Kier alpha value is -2.86. The van der Waals surface area contributed by atoms with Crippen molar-refractivity contribution in [2.24, 2.45) is 0 Å². The van der Waals surface area contributed by atoms with Gasteiger partial charge in [0, 0.05) is 37.3 Å². The first-order valence-electron chi connectivity index (χ1n) is 11.8. The monoisotopic (exact) mass is 432 g/mol. The smallest absolute Gasteiger partial charge is 0.273 e. The van der Waals surface area contributed by atoms with Crippen molar-refractivity contribution in [1.29, 1.82) is 0 Å². The van der Waals surface area contributed by atoms with Gasteiger partial charge in [-0.3, -0.25) is 4.79 Å². The molecular formula is C26H32N4O2. The Bertz CT molecular complexity index is 1160. The van der Waals surface area contributed by atoms with E-state index in [1.54, 1.807) is 0 Å². The Labute approximate surface area is 189 Å². The van der Waals surface area contributed by atoms with Gasteiger partial charge in [-0.2, -0.15) is 0 Å². The molecule has 0 atom stereocenters. The maximum absolute atomic E-state index is 13.7. The number of H-pyrrole nitrogens is 1. The zero-order valence-electron chi connectivity index (χ0n) is 19.3. The highest BCUT2D eigenvalue weighted by molar-refractivity contribution is 6.04. The van der Waals surface area contributed by atoms with Gasteiger partial charge in [-0.1, -0.05) is 37.6 Å². The molecule has 6 heteroatoms. The number of nitrogens with one attached hydrogen (secondary N) is 1. The summed E-state index contributed by atoms with van der Waals surface area (Å²) < 4.78 is 5.48. The molecule has 0 saturated carbocycles. The van der Waals surface area contributed by atoms with E-state index < -0.39 is 0 Å². The molecule has 1 saturated heterocycles. The van der Waals surface area contributed by atoms with E-state index in [0.29, 0.717) is 32.0 Å². The first-order chi connectivity index (χ1) is 15.6. The van der Waals surface area contributed by atoms with Gasteiger partial charge in [0.25, 0.3) is 5.91 Å². The van der Waals surface area contributed by atoms with Gasteiger partial charge in [-0.25, -0.2) is 4.98 Å². The number of amides is 1. The predicted octanol–water partition coefficient (Wildman–Crippen LogP) is 4.17. The number of aromatic amines is 1. The molecule has 1 fully saturated rings. The number of fused-ring (bicyclic) bond motifs is 2. The van der Waals surface area contributed by atoms with E-state index in [-0.39, 0.29) is 5.91 Å². The summed E-state index contributed by atoms with van der Waals surface area (Å²) in [5.74, 6) is 0.942. The fourth-order valence-corrected chi connectivity index (χ4v) is 5.10. The minimum absolute atomic E-state index is 0.0376. The van der Waals surface area contributed by atoms with E-state index in [1.807, 2.05) is 4.90 Å². The van der Waals surface area contributed by atoms with Crippen LogP contribution < -0.4 is 4.90 Å². The van der Waals surface area contributed by atoms with Crippen LogP contribution >= 0.6 is 0 Å². The summed E-state index contributed by atoms with van der Waals surface area (Å²) in [6.45, 7) is 10.6. The number of aryl methyl sites for hydroxylation is 3. The van der Waals surface area contributed by atoms with Gasteiger partial charge in [0.05, 0.1) is 18.7 Å². The number of benzene rings is 1. The van der Waals surface area contributed by atoms with Crippen LogP contribution in [-0.2, 0) is 24.1 Å². The number of morpholine rings is 1. The Morgan fingerprint density at radius 1 is 1.12 bits per heavy atom. The van der Waals surface area contributed by atoms with Crippen molar-refractivity contribution in [3.8, 4) is 0 Å². The topological polar surface area (TPSA) is 61.5 Å². The van der Waals surface area contributed by atoms with Crippen LogP contribution in [0.15, 0.2) is 24.3 Å². The highest BCUT2D eigenvalue weighted by Gasteiger charge is 2.29. The van der Waals surface area contributed by atoms with E-state index in [4.69, 9.17) is 9.72 Å². The van der Waals surface area contributed by atoms with Crippen LogP contribution in [-0.4, -0.2) is 53.6 Å². The summed E-state index contributed by atoms with van der Waals surface area (Å²) >= 11 is 0. The number of nitrogens with zero attached hydrogens (tertiary/aromatic N) is 3. The molecule has 2 aliphatic rings. The summed E-state index contributed by atoms with van der Waals surface area (Å²) in [7, 11) is 0. The Balaban J connectivity index is 1.67. The summed E-state index contributed by atoms with van der Waals surface area (Å²) in [4.78, 5) is 26.6. The lowest BCUT2D eigenvalue weighted by Crippen LogP contribution is -2.41. The third kappa shape index (κ3) is 3.56. The third-order valence-corrected chi connectivity index (χ3v) is 6.96. The first-order valence-corrected chi connectivity index (χ1v) is 11.8. The normalized spacial score (nSPS) is 16.5. The molecule has 2 aliphatic heterocycles. The van der Waals surface area contributed by atoms with Crippen LogP contribution in [0.3, 0.4) is 0 Å². The average Bonchev–Trinajstić information content (AvgIpc) is 3.13. The number of pyridine rings is 1. The molecule has 3 aromatic rings. The predicted molar refractivity (Wildman–Crippen MR) is 127 cm³/mol. The van der Waals surface area contributed by atoms with E-state index in [0.717, 1.165) is 54.9 Å². The van der Waals surface area contributed by atoms with Crippen LogP contribution in [0.4, 0.5) is 5.82 Å². The summed E-state index contributed by atoms with van der Waals surface area (Å²) in [5, 5.41) is 1.19. The fourth-order valence-electron chi connectivity index (χ4n) is 5.10. The van der Waals surface area contributed by atoms with Crippen LogP contribution in [0.2, 0.25) is 0 Å². The van der Waals surface area contributed by atoms with E-state index in [1.165, 1.54) is 22.1 Å². The lowest BCUT2D eigenvalue weighted by Gasteiger charge is -2.32. The van der Waals surface area contributed by atoms with Gasteiger partial charge in [-0.15, -0.1) is 0 Å². The van der Waals surface area contributed by atoms with E-state index in [9.17, 15) is 4.79 Å². The number of hydrogen-bond donors (Lipinski definition) is 1. The number of carbonyl (C=O) groups excluding carboxylic acids is 1. The maximum atomic E-state index is 13.7. The summed E-state index contributed by atoms with van der Waals surface area (Å²) in [6.07, 6.45) is 2.80. The summed E-state index contributed by atoms with van der Waals surface area (Å²) in [6, 6.07) is 8.64. The van der Waals surface area contributed by atoms with Crippen LogP contribution in [0, 0.1) is 13.8 Å². The Kier molecular flexibility index (Phi) is 5.64. The van der Waals surface area contributed by atoms with Crippen molar-refractivity contribution >= 4 is 22.6 Å². The molecule has 0 unspecified atom stereocenters. The van der Waals surface area contributed by atoms with Gasteiger partial charge in [0.15, 0.2) is 5.82 Å². The number of rotatable bonds is 4. The number of carbonyl (C=O) groups is 1. The molecule has 6 nitrogen and oxygen atoms in total. The van der Waals surface area contributed by atoms with Gasteiger partial charge in [-0.05, 0) is 48.9 Å². The molecule has 0 spiro atoms. The molecule has 0 aliphatic carbocycles. The minimum Gasteiger partial charge on any atom is -0.378 e. The second kappa shape index (κ2) is 8.58. The van der Waals surface area contributed by atoms with Crippen LogP contribution in [0.25, 0.3) is 10.9 Å². The van der Waals surface area contributed by atoms with Crippen molar-refractivity contribution in [2.75, 3.05) is 37.7 Å². The van der Waals surface area contributed by atoms with Crippen LogP contribution in [0.5, 0.6) is 0 Å². The molecule has 1 amide bonds. The van der Waals surface area contributed by atoms with E-state index >= 15 is 0 Å². The number of hydrogen-bond acceptors (Lipinski definition) is 4. The summed E-state index contributed by atoms with van der Waals surface area (Å²) in [5.41, 5.74) is 7.90.